The molecule has 5 amide bonds. The number of benzene rings is 3. The summed E-state index contributed by atoms with van der Waals surface area (Å²) in [6.07, 6.45) is 6.52. The molecule has 7 rings (SSSR count). The van der Waals surface area contributed by atoms with Crippen LogP contribution in [-0.2, 0) is 14.4 Å². The Labute approximate surface area is 351 Å². The molecule has 0 saturated carbocycles. The first kappa shape index (κ1) is 42.0. The number of ether oxygens (including phenoxy) is 1. The molecule has 312 valence electrons. The number of likely N-dealkylation sites (tertiary alicyclic amines) is 1. The van der Waals surface area contributed by atoms with Gasteiger partial charge < -0.3 is 20.7 Å². The number of nitrogens with two attached hydrogens (primary N) is 1. The zero-order valence-electron chi connectivity index (χ0n) is 33.2. The van der Waals surface area contributed by atoms with Crippen molar-refractivity contribution in [1.29, 1.82) is 5.41 Å². The molecule has 3 aliphatic heterocycles. The predicted octanol–water partition coefficient (Wildman–Crippen LogP) is 6.59. The Morgan fingerprint density at radius 3 is 2.50 bits per heavy atom. The van der Waals surface area contributed by atoms with Gasteiger partial charge in [0.1, 0.15) is 41.3 Å². The van der Waals surface area contributed by atoms with Crippen LogP contribution >= 0.6 is 11.8 Å². The molecule has 1 aromatic heterocycles. The zero-order valence-corrected chi connectivity index (χ0v) is 34.1. The van der Waals surface area contributed by atoms with E-state index in [4.69, 9.17) is 15.9 Å². The fraction of sp³-hybridized carbons (Fsp3) is 0.364. The van der Waals surface area contributed by atoms with Crippen molar-refractivity contribution in [2.24, 2.45) is 5.92 Å². The fourth-order valence-electron chi connectivity index (χ4n) is 7.89. The van der Waals surface area contributed by atoms with Gasteiger partial charge in [0.05, 0.1) is 22.4 Å². The van der Waals surface area contributed by atoms with E-state index >= 15 is 0 Å². The van der Waals surface area contributed by atoms with Crippen LogP contribution in [0.1, 0.15) is 96.6 Å². The van der Waals surface area contributed by atoms with Gasteiger partial charge in [0.2, 0.25) is 17.7 Å². The second-order valence-corrected chi connectivity index (χ2v) is 16.4. The van der Waals surface area contributed by atoms with Crippen LogP contribution in [0.4, 0.5) is 16.0 Å². The van der Waals surface area contributed by atoms with Crippen molar-refractivity contribution in [2.75, 3.05) is 29.9 Å². The number of imide groups is 2. The Hall–Kier alpha value is -6.16. The molecule has 4 heterocycles. The highest BCUT2D eigenvalue weighted by molar-refractivity contribution is 7.99. The van der Waals surface area contributed by atoms with E-state index in [2.05, 4.69) is 27.5 Å². The van der Waals surface area contributed by atoms with E-state index in [0.717, 1.165) is 43.1 Å². The van der Waals surface area contributed by atoms with Crippen molar-refractivity contribution >= 4 is 58.6 Å². The first-order chi connectivity index (χ1) is 29.0. The SMILES string of the molecule is CC1CN(C(=O)CCCCCCSc2cc(F)cc3c2C(=O)N(C2CCC(=O)NC2=O)C3=O)CCC[C@H]1Nc1ncnc(N)c1C(=N)c1ccc(Oc2ccccc2)cc1. The Morgan fingerprint density at radius 1 is 0.983 bits per heavy atom. The number of aromatic nitrogens is 2. The van der Waals surface area contributed by atoms with E-state index in [0.29, 0.717) is 65.0 Å². The number of hydrogen-bond donors (Lipinski definition) is 4. The molecule has 3 atom stereocenters. The summed E-state index contributed by atoms with van der Waals surface area (Å²) in [6.45, 7) is 3.32. The lowest BCUT2D eigenvalue weighted by Gasteiger charge is -2.27. The number of thioether (sulfide) groups is 1. The Balaban J connectivity index is 0.865. The fourth-order valence-corrected chi connectivity index (χ4v) is 9.00. The number of rotatable bonds is 15. The van der Waals surface area contributed by atoms with Gasteiger partial charge in [0, 0.05) is 42.4 Å². The van der Waals surface area contributed by atoms with E-state index in [1.807, 2.05) is 35.2 Å². The summed E-state index contributed by atoms with van der Waals surface area (Å²) < 4.78 is 20.5. The molecule has 0 spiro atoms. The summed E-state index contributed by atoms with van der Waals surface area (Å²) in [6, 6.07) is 17.8. The highest BCUT2D eigenvalue weighted by Gasteiger charge is 2.46. The predicted molar refractivity (Wildman–Crippen MR) is 225 cm³/mol. The minimum Gasteiger partial charge on any atom is -0.457 e. The Morgan fingerprint density at radius 2 is 1.73 bits per heavy atom. The molecular weight excluding hydrogens is 788 g/mol. The number of fused-ring (bicyclic) bond motifs is 1. The summed E-state index contributed by atoms with van der Waals surface area (Å²) in [5.41, 5.74) is 7.57. The quantitative estimate of drug-likeness (QED) is 0.0436. The smallest absolute Gasteiger partial charge is 0.263 e. The average molecular weight is 835 g/mol. The summed E-state index contributed by atoms with van der Waals surface area (Å²) >= 11 is 1.28. The van der Waals surface area contributed by atoms with Gasteiger partial charge in [-0.3, -0.25) is 39.6 Å². The van der Waals surface area contributed by atoms with Crippen molar-refractivity contribution < 1.29 is 33.1 Å². The number of halogens is 1. The molecule has 0 aliphatic carbocycles. The number of nitrogens with one attached hydrogen (secondary N) is 3. The number of para-hydroxylation sites is 1. The average Bonchev–Trinajstić information content (AvgIpc) is 3.33. The van der Waals surface area contributed by atoms with Crippen molar-refractivity contribution in [3.05, 3.63) is 101 Å². The number of carbonyl (C=O) groups is 5. The number of nitrogens with zero attached hydrogens (tertiary/aromatic N) is 4. The second-order valence-electron chi connectivity index (χ2n) is 15.3. The number of hydrogen-bond acceptors (Lipinski definition) is 12. The summed E-state index contributed by atoms with van der Waals surface area (Å²) in [5, 5.41) is 14.8. The maximum atomic E-state index is 14.6. The highest BCUT2D eigenvalue weighted by Crippen LogP contribution is 2.36. The first-order valence-electron chi connectivity index (χ1n) is 20.2. The van der Waals surface area contributed by atoms with Crippen molar-refractivity contribution in [1.82, 2.24) is 25.1 Å². The molecule has 3 aliphatic rings. The molecule has 14 nitrogen and oxygen atoms in total. The highest BCUT2D eigenvalue weighted by atomic mass is 32.2. The first-order valence-corrected chi connectivity index (χ1v) is 21.2. The van der Waals surface area contributed by atoms with Gasteiger partial charge in [-0.25, -0.2) is 14.4 Å². The minimum absolute atomic E-state index is 0.000846. The van der Waals surface area contributed by atoms with Crippen LogP contribution in [0.3, 0.4) is 0 Å². The van der Waals surface area contributed by atoms with E-state index in [-0.39, 0.29) is 53.4 Å². The molecular formula is C44H47FN8O6S. The van der Waals surface area contributed by atoms with Gasteiger partial charge in [-0.1, -0.05) is 38.0 Å². The van der Waals surface area contributed by atoms with Gasteiger partial charge >= 0.3 is 0 Å². The third-order valence-electron chi connectivity index (χ3n) is 11.1. The van der Waals surface area contributed by atoms with Gasteiger partial charge in [0.25, 0.3) is 11.8 Å². The number of amides is 5. The second kappa shape index (κ2) is 18.8. The Kier molecular flexibility index (Phi) is 13.2. The lowest BCUT2D eigenvalue weighted by atomic mass is 9.97. The number of carbonyl (C=O) groups excluding carboxylic acids is 5. The van der Waals surface area contributed by atoms with Crippen LogP contribution in [0.25, 0.3) is 0 Å². The van der Waals surface area contributed by atoms with E-state index in [1.54, 1.807) is 24.3 Å². The summed E-state index contributed by atoms with van der Waals surface area (Å²) in [4.78, 5) is 75.7. The van der Waals surface area contributed by atoms with Crippen LogP contribution in [-0.4, -0.2) is 85.9 Å². The van der Waals surface area contributed by atoms with Crippen LogP contribution in [0.15, 0.2) is 78.0 Å². The van der Waals surface area contributed by atoms with Crippen molar-refractivity contribution in [3.63, 3.8) is 0 Å². The molecule has 0 radical (unpaired) electrons. The molecule has 2 fully saturated rings. The van der Waals surface area contributed by atoms with E-state index in [1.165, 1.54) is 24.2 Å². The molecule has 2 saturated heterocycles. The van der Waals surface area contributed by atoms with Gasteiger partial charge in [-0.05, 0) is 92.3 Å². The Bertz CT molecular complexity index is 2290. The lowest BCUT2D eigenvalue weighted by Crippen LogP contribution is -2.54. The lowest BCUT2D eigenvalue weighted by molar-refractivity contribution is -0.136. The topological polar surface area (TPSA) is 201 Å². The third kappa shape index (κ3) is 9.49. The summed E-state index contributed by atoms with van der Waals surface area (Å²) in [5.74, 6) is -0.449. The molecule has 3 aromatic carbocycles. The third-order valence-corrected chi connectivity index (χ3v) is 12.2. The number of unbranched alkanes of at least 4 members (excludes halogenated alkanes) is 3. The zero-order chi connectivity index (χ0) is 42.3. The maximum Gasteiger partial charge on any atom is 0.263 e. The monoisotopic (exact) mass is 834 g/mol. The van der Waals surface area contributed by atoms with Gasteiger partial charge in [0.15, 0.2) is 0 Å². The minimum atomic E-state index is -1.12. The van der Waals surface area contributed by atoms with Crippen LogP contribution in [0, 0.1) is 17.1 Å². The maximum absolute atomic E-state index is 14.6. The van der Waals surface area contributed by atoms with E-state index in [9.17, 15) is 28.4 Å². The molecule has 16 heteroatoms. The van der Waals surface area contributed by atoms with Crippen molar-refractivity contribution in [3.8, 4) is 11.5 Å². The number of nitrogen functional groups attached to an aromatic ring is 1. The largest absolute Gasteiger partial charge is 0.457 e. The molecule has 0 bridgehead atoms. The normalized spacial score (nSPS) is 19.1. The molecule has 60 heavy (non-hydrogen) atoms. The van der Waals surface area contributed by atoms with Gasteiger partial charge in [-0.2, -0.15) is 0 Å². The summed E-state index contributed by atoms with van der Waals surface area (Å²) in [7, 11) is 0. The molecule has 2 unspecified atom stereocenters. The number of anilines is 2. The standard InChI is InChI=1S/C44H47FN8O6S/c1-26-24-52(20-9-12-32(26)50-41-38(40(47)48-25-49-41)39(46)27-14-16-30(17-15-27)59-29-10-5-4-6-11-29)36(55)13-7-2-3-8-21-60-34-23-28(45)22-31-37(34)44(58)53(43(31)57)33-18-19-35(54)51-42(33)56/h4-6,10-11,14-17,22-23,25-26,32-33,46H,2-3,7-9,12-13,18-21,24H2,1H3,(H,51,54,56)(H3,47,48,49,50)/t26?,32-,33?/m1/s1. The molecule has 5 N–H and O–H groups in total. The number of piperidine rings is 1. The van der Waals surface area contributed by atoms with E-state index < -0.39 is 35.5 Å². The van der Waals surface area contributed by atoms with Crippen LogP contribution < -0.4 is 21.1 Å². The van der Waals surface area contributed by atoms with Gasteiger partial charge in [-0.15, -0.1) is 11.8 Å². The van der Waals surface area contributed by atoms with Crippen LogP contribution in [0.5, 0.6) is 11.5 Å². The van der Waals surface area contributed by atoms with Crippen LogP contribution in [0.2, 0.25) is 0 Å². The van der Waals surface area contributed by atoms with Crippen molar-refractivity contribution in [2.45, 2.75) is 81.7 Å². The molecule has 4 aromatic rings.